The highest BCUT2D eigenvalue weighted by Gasteiger charge is 2.43. The van der Waals surface area contributed by atoms with Crippen molar-refractivity contribution in [3.63, 3.8) is 0 Å². The molecule has 1 aromatic carbocycles. The van der Waals surface area contributed by atoms with E-state index >= 15 is 0 Å². The maximum Gasteiger partial charge on any atom is 0.224 e. The van der Waals surface area contributed by atoms with Crippen molar-refractivity contribution in [3.8, 4) is 0 Å². The number of nitrogens with zero attached hydrogens (tertiary/aromatic N) is 4. The number of amides is 1. The van der Waals surface area contributed by atoms with Crippen LogP contribution in [0.25, 0.3) is 0 Å². The lowest BCUT2D eigenvalue weighted by atomic mass is 9.75. The van der Waals surface area contributed by atoms with Crippen LogP contribution in [0, 0.1) is 17.7 Å². The Kier molecular flexibility index (Phi) is 5.68. The fourth-order valence-electron chi connectivity index (χ4n) is 4.45. The highest BCUT2D eigenvalue weighted by Crippen LogP contribution is 2.37. The van der Waals surface area contributed by atoms with Gasteiger partial charge in [0.05, 0.1) is 18.2 Å². The van der Waals surface area contributed by atoms with E-state index in [1.165, 1.54) is 12.1 Å². The van der Waals surface area contributed by atoms with E-state index < -0.39 is 0 Å². The third kappa shape index (κ3) is 4.23. The first-order valence-corrected chi connectivity index (χ1v) is 9.92. The monoisotopic (exact) mass is 386 g/mol. The molecule has 28 heavy (non-hydrogen) atoms. The van der Waals surface area contributed by atoms with E-state index in [9.17, 15) is 9.18 Å². The van der Waals surface area contributed by atoms with Crippen molar-refractivity contribution in [1.82, 2.24) is 30.5 Å². The molecule has 4 atom stereocenters. The summed E-state index contributed by atoms with van der Waals surface area (Å²) in [6.45, 7) is 3.81. The highest BCUT2D eigenvalue weighted by molar-refractivity contribution is 5.79. The summed E-state index contributed by atoms with van der Waals surface area (Å²) >= 11 is 0. The molecule has 0 saturated carbocycles. The topological polar surface area (TPSA) is 75.1 Å². The Balaban J connectivity index is 1.31. The first-order valence-electron chi connectivity index (χ1n) is 9.92. The minimum atomic E-state index is -0.260. The van der Waals surface area contributed by atoms with Gasteiger partial charge in [-0.25, -0.2) is 4.39 Å². The van der Waals surface area contributed by atoms with Crippen LogP contribution in [-0.2, 0) is 24.4 Å². The van der Waals surface area contributed by atoms with Crippen molar-refractivity contribution in [2.24, 2.45) is 11.8 Å². The molecule has 2 bridgehead atoms. The Bertz CT molecular complexity index is 807. The van der Waals surface area contributed by atoms with E-state index in [4.69, 9.17) is 0 Å². The van der Waals surface area contributed by atoms with Gasteiger partial charge < -0.3 is 10.6 Å². The van der Waals surface area contributed by atoms with Crippen LogP contribution in [0.3, 0.4) is 0 Å². The Morgan fingerprint density at radius 1 is 1.29 bits per heavy atom. The van der Waals surface area contributed by atoms with Gasteiger partial charge in [-0.15, -0.1) is 5.10 Å². The Morgan fingerprint density at radius 2 is 2.11 bits per heavy atom. The lowest BCUT2D eigenvalue weighted by Crippen LogP contribution is -2.58. The summed E-state index contributed by atoms with van der Waals surface area (Å²) in [5.41, 5.74) is 1.86. The zero-order valence-corrected chi connectivity index (χ0v) is 16.1. The van der Waals surface area contributed by atoms with Gasteiger partial charge >= 0.3 is 0 Å². The first kappa shape index (κ1) is 19.0. The molecule has 1 amide bonds. The minimum Gasteiger partial charge on any atom is -0.352 e. The predicted molar refractivity (Wildman–Crippen MR) is 103 cm³/mol. The van der Waals surface area contributed by atoms with Crippen LogP contribution < -0.4 is 10.6 Å². The van der Waals surface area contributed by atoms with Crippen molar-refractivity contribution in [1.29, 1.82) is 0 Å². The lowest BCUT2D eigenvalue weighted by Gasteiger charge is -2.49. The van der Waals surface area contributed by atoms with Crippen molar-refractivity contribution in [3.05, 3.63) is 47.5 Å². The number of hydrogen-bond donors (Lipinski definition) is 2. The van der Waals surface area contributed by atoms with Gasteiger partial charge in [0.2, 0.25) is 5.91 Å². The maximum absolute atomic E-state index is 13.0. The molecule has 5 rings (SSSR count). The third-order valence-electron chi connectivity index (χ3n) is 5.94. The zero-order valence-electron chi connectivity index (χ0n) is 16.1. The van der Waals surface area contributed by atoms with E-state index in [0.717, 1.165) is 43.7 Å². The van der Waals surface area contributed by atoms with E-state index in [1.54, 1.807) is 12.1 Å². The number of rotatable bonds is 7. The number of nitrogens with one attached hydrogen (secondary N) is 2. The average Bonchev–Trinajstić information content (AvgIpc) is 3.15. The summed E-state index contributed by atoms with van der Waals surface area (Å²) in [6, 6.07) is 6.67. The molecule has 3 saturated heterocycles. The molecule has 0 radical (unpaired) electrons. The summed E-state index contributed by atoms with van der Waals surface area (Å²) in [5, 5.41) is 14.5. The molecule has 3 aliphatic rings. The number of aromatic nitrogens is 3. The van der Waals surface area contributed by atoms with Crippen LogP contribution in [0.15, 0.2) is 30.5 Å². The molecular weight excluding hydrogens is 359 g/mol. The molecule has 7 nitrogen and oxygen atoms in total. The average molecular weight is 386 g/mol. The molecule has 4 heterocycles. The summed E-state index contributed by atoms with van der Waals surface area (Å²) in [5.74, 6) is 0.281. The van der Waals surface area contributed by atoms with E-state index in [-0.39, 0.29) is 17.6 Å². The molecule has 1 unspecified atom stereocenters. The fraction of sp³-hybridized carbons (Fsp3) is 0.550. The van der Waals surface area contributed by atoms with Gasteiger partial charge in [0.15, 0.2) is 0 Å². The van der Waals surface area contributed by atoms with Crippen molar-refractivity contribution >= 4 is 5.91 Å². The number of carbonyl (C=O) groups excluding carboxylic acids is 1. The highest BCUT2D eigenvalue weighted by atomic mass is 19.1. The number of carbonyl (C=O) groups is 1. The van der Waals surface area contributed by atoms with Crippen molar-refractivity contribution < 1.29 is 9.18 Å². The normalized spacial score (nSPS) is 26.4. The first-order chi connectivity index (χ1) is 13.6. The van der Waals surface area contributed by atoms with Crippen LogP contribution in [0.4, 0.5) is 4.39 Å². The van der Waals surface area contributed by atoms with E-state index in [1.807, 2.05) is 17.9 Å². The van der Waals surface area contributed by atoms with Gasteiger partial charge in [0.1, 0.15) is 5.82 Å². The summed E-state index contributed by atoms with van der Waals surface area (Å²) in [6.07, 6.45) is 4.07. The summed E-state index contributed by atoms with van der Waals surface area (Å²) < 4.78 is 14.9. The number of piperidine rings is 3. The Morgan fingerprint density at radius 3 is 2.82 bits per heavy atom. The minimum absolute atomic E-state index is 0.0287. The van der Waals surface area contributed by atoms with Crippen LogP contribution >= 0.6 is 0 Å². The molecule has 0 spiro atoms. The molecule has 3 aliphatic heterocycles. The Labute approximate surface area is 164 Å². The van der Waals surface area contributed by atoms with Gasteiger partial charge in [-0.2, -0.15) is 0 Å². The third-order valence-corrected chi connectivity index (χ3v) is 5.94. The van der Waals surface area contributed by atoms with Crippen LogP contribution in [-0.4, -0.2) is 52.0 Å². The fourth-order valence-corrected chi connectivity index (χ4v) is 4.45. The van der Waals surface area contributed by atoms with Gasteiger partial charge in [-0.1, -0.05) is 17.3 Å². The predicted octanol–water partition coefficient (Wildman–Crippen LogP) is 1.16. The number of hydrogen-bond acceptors (Lipinski definition) is 5. The van der Waals surface area contributed by atoms with Gasteiger partial charge in [-0.05, 0) is 50.0 Å². The van der Waals surface area contributed by atoms with Crippen molar-refractivity contribution in [2.45, 2.75) is 38.5 Å². The number of benzene rings is 1. The van der Waals surface area contributed by atoms with Gasteiger partial charge in [0, 0.05) is 31.9 Å². The molecule has 0 aliphatic carbocycles. The molecular formula is C20H27FN6O. The summed E-state index contributed by atoms with van der Waals surface area (Å²) in [4.78, 5) is 15.1. The van der Waals surface area contributed by atoms with Crippen LogP contribution in [0.2, 0.25) is 0 Å². The molecule has 8 heteroatoms. The second kappa shape index (κ2) is 8.36. The molecule has 3 fully saturated rings. The molecule has 2 N–H and O–H groups in total. The van der Waals surface area contributed by atoms with Gasteiger partial charge in [-0.3, -0.25) is 14.4 Å². The van der Waals surface area contributed by atoms with E-state index in [0.29, 0.717) is 25.0 Å². The zero-order chi connectivity index (χ0) is 19.5. The number of halogens is 1. The standard InChI is InChI=1S/C20H27FN6O/c1-22-10-17-11-27(25-24-17)12-18-8-15-6-7-26(18)13-19(15)20(28)23-9-14-2-4-16(21)5-3-14/h2-5,11,15,18-19,22H,6-10,12-13H2,1H3,(H,23,28)/t15-,18+,19-/m0/s1. The van der Waals surface area contributed by atoms with Crippen LogP contribution in [0.1, 0.15) is 24.1 Å². The molecule has 2 aromatic rings. The second-order valence-corrected chi connectivity index (χ2v) is 7.85. The summed E-state index contributed by atoms with van der Waals surface area (Å²) in [7, 11) is 1.89. The smallest absolute Gasteiger partial charge is 0.224 e. The largest absolute Gasteiger partial charge is 0.352 e. The Hall–Kier alpha value is -2.32. The van der Waals surface area contributed by atoms with E-state index in [2.05, 4.69) is 25.8 Å². The lowest BCUT2D eigenvalue weighted by molar-refractivity contribution is -0.133. The second-order valence-electron chi connectivity index (χ2n) is 7.85. The SMILES string of the molecule is CNCc1cn(C[C@H]2C[C@@H]3CCN2C[C@@H]3C(=O)NCc2ccc(F)cc2)nn1. The quantitative estimate of drug-likeness (QED) is 0.747. The number of fused-ring (bicyclic) bond motifs is 3. The van der Waals surface area contributed by atoms with Crippen molar-refractivity contribution in [2.75, 3.05) is 20.1 Å². The van der Waals surface area contributed by atoms with Crippen LogP contribution in [0.5, 0.6) is 0 Å². The molecule has 150 valence electrons. The molecule has 1 aromatic heterocycles. The maximum atomic E-state index is 13.0. The van der Waals surface area contributed by atoms with Gasteiger partial charge in [0.25, 0.3) is 0 Å².